The lowest BCUT2D eigenvalue weighted by Crippen LogP contribution is -2.46. The predicted octanol–water partition coefficient (Wildman–Crippen LogP) is 0.846. The van der Waals surface area contributed by atoms with E-state index in [1.54, 1.807) is 0 Å². The third kappa shape index (κ3) is 6.74. The van der Waals surface area contributed by atoms with E-state index >= 15 is 0 Å². The highest BCUT2D eigenvalue weighted by atomic mass is 127. The third-order valence-corrected chi connectivity index (χ3v) is 2.49. The molecule has 0 bridgehead atoms. The molecule has 110 valence electrons. The minimum Gasteiger partial charge on any atom is -0.370 e. The van der Waals surface area contributed by atoms with Gasteiger partial charge in [0.25, 0.3) is 0 Å². The zero-order valence-electron chi connectivity index (χ0n) is 11.7. The van der Waals surface area contributed by atoms with Crippen molar-refractivity contribution in [2.45, 2.75) is 45.6 Å². The summed E-state index contributed by atoms with van der Waals surface area (Å²) in [6.45, 7) is 6.59. The summed E-state index contributed by atoms with van der Waals surface area (Å²) >= 11 is 0. The summed E-state index contributed by atoms with van der Waals surface area (Å²) in [5.41, 5.74) is 5.55. The zero-order chi connectivity index (χ0) is 13.8. The van der Waals surface area contributed by atoms with Crippen LogP contribution in [-0.4, -0.2) is 41.3 Å². The number of likely N-dealkylation sites (tertiary alicyclic amines) is 1. The van der Waals surface area contributed by atoms with Gasteiger partial charge in [-0.2, -0.15) is 0 Å². The number of nitrogens with zero attached hydrogens (tertiary/aromatic N) is 2. The average Bonchev–Trinajstić information content (AvgIpc) is 2.19. The highest BCUT2D eigenvalue weighted by Gasteiger charge is 2.25. The second kappa shape index (κ2) is 7.66. The zero-order valence-corrected chi connectivity index (χ0v) is 14.1. The van der Waals surface area contributed by atoms with E-state index in [0.717, 1.165) is 0 Å². The van der Waals surface area contributed by atoms with Crippen LogP contribution in [0.2, 0.25) is 0 Å². The predicted molar refractivity (Wildman–Crippen MR) is 85.4 cm³/mol. The normalized spacial score (nSPS) is 17.2. The first kappa shape index (κ1) is 18.1. The highest BCUT2D eigenvalue weighted by molar-refractivity contribution is 14.0. The third-order valence-electron chi connectivity index (χ3n) is 2.49. The summed E-state index contributed by atoms with van der Waals surface area (Å²) < 4.78 is 0. The van der Waals surface area contributed by atoms with Gasteiger partial charge in [0.1, 0.15) is 0 Å². The van der Waals surface area contributed by atoms with Gasteiger partial charge in [-0.05, 0) is 27.2 Å². The number of carbonyl (C=O) groups excluding carboxylic acids is 2. The van der Waals surface area contributed by atoms with Crippen molar-refractivity contribution in [1.82, 2.24) is 10.2 Å². The van der Waals surface area contributed by atoms with E-state index in [1.165, 1.54) is 4.90 Å². The van der Waals surface area contributed by atoms with Crippen LogP contribution in [0.5, 0.6) is 0 Å². The summed E-state index contributed by atoms with van der Waals surface area (Å²) in [6, 6.07) is 0. The Hall–Kier alpha value is -0.860. The van der Waals surface area contributed by atoms with Gasteiger partial charge in [0.15, 0.2) is 5.96 Å². The van der Waals surface area contributed by atoms with Gasteiger partial charge in [0.05, 0.1) is 6.54 Å². The molecule has 2 amide bonds. The number of imide groups is 1. The molecule has 3 N–H and O–H groups in total. The number of piperidine rings is 1. The monoisotopic (exact) mass is 382 g/mol. The maximum Gasteiger partial charge on any atom is 0.229 e. The Morgan fingerprint density at radius 2 is 1.84 bits per heavy atom. The molecule has 1 fully saturated rings. The number of hydrogen-bond acceptors (Lipinski definition) is 3. The van der Waals surface area contributed by atoms with Gasteiger partial charge in [0, 0.05) is 24.9 Å². The Bertz CT molecular complexity index is 347. The van der Waals surface area contributed by atoms with Crippen molar-refractivity contribution < 1.29 is 9.59 Å². The van der Waals surface area contributed by atoms with Gasteiger partial charge >= 0.3 is 0 Å². The Morgan fingerprint density at radius 3 is 2.32 bits per heavy atom. The molecule has 0 aromatic rings. The minimum atomic E-state index is -0.148. The molecule has 0 saturated carbocycles. The van der Waals surface area contributed by atoms with E-state index in [-0.39, 0.29) is 41.3 Å². The van der Waals surface area contributed by atoms with Crippen molar-refractivity contribution in [3.8, 4) is 0 Å². The molecule has 0 aromatic heterocycles. The van der Waals surface area contributed by atoms with Crippen LogP contribution in [0.3, 0.4) is 0 Å². The quantitative estimate of drug-likeness (QED) is 0.328. The van der Waals surface area contributed by atoms with Crippen LogP contribution in [-0.2, 0) is 9.59 Å². The molecule has 7 heteroatoms. The molecule has 0 atom stereocenters. The lowest BCUT2D eigenvalue weighted by Gasteiger charge is -2.24. The van der Waals surface area contributed by atoms with E-state index in [4.69, 9.17) is 5.73 Å². The molecule has 0 spiro atoms. The van der Waals surface area contributed by atoms with Crippen molar-refractivity contribution >= 4 is 41.8 Å². The Kier molecular flexibility index (Phi) is 7.32. The fourth-order valence-electron chi connectivity index (χ4n) is 1.74. The fraction of sp³-hybridized carbons (Fsp3) is 0.750. The highest BCUT2D eigenvalue weighted by Crippen LogP contribution is 2.11. The van der Waals surface area contributed by atoms with Gasteiger partial charge in [-0.25, -0.2) is 0 Å². The summed E-state index contributed by atoms with van der Waals surface area (Å²) in [4.78, 5) is 28.4. The Morgan fingerprint density at radius 1 is 1.32 bits per heavy atom. The standard InChI is InChI=1S/C12H22N4O2.HI/c1-12(2,3)15-11(13)14-7-8-16-9(17)5-4-6-10(16)18;/h4-8H2,1-3H3,(H3,13,14,15);1H. The van der Waals surface area contributed by atoms with E-state index in [1.807, 2.05) is 20.8 Å². The SMILES string of the molecule is CC(C)(C)NC(N)=NCCN1C(=O)CCCC1=O.I. The first-order valence-corrected chi connectivity index (χ1v) is 6.21. The van der Waals surface area contributed by atoms with Crippen LogP contribution < -0.4 is 11.1 Å². The van der Waals surface area contributed by atoms with Crippen LogP contribution in [0.25, 0.3) is 0 Å². The Labute approximate surface area is 131 Å². The van der Waals surface area contributed by atoms with Gasteiger partial charge in [0.2, 0.25) is 11.8 Å². The second-order valence-corrected chi connectivity index (χ2v) is 5.43. The lowest BCUT2D eigenvalue weighted by molar-refractivity contribution is -0.147. The maximum absolute atomic E-state index is 11.5. The lowest BCUT2D eigenvalue weighted by atomic mass is 10.1. The van der Waals surface area contributed by atoms with Crippen molar-refractivity contribution in [1.29, 1.82) is 0 Å². The minimum absolute atomic E-state index is 0. The topological polar surface area (TPSA) is 87.8 Å². The van der Waals surface area contributed by atoms with Crippen molar-refractivity contribution in [2.75, 3.05) is 13.1 Å². The number of guanidine groups is 1. The molecule has 0 unspecified atom stereocenters. The molecule has 0 aromatic carbocycles. The van der Waals surface area contributed by atoms with Gasteiger partial charge in [-0.1, -0.05) is 0 Å². The number of nitrogens with one attached hydrogen (secondary N) is 1. The first-order valence-electron chi connectivity index (χ1n) is 6.21. The van der Waals surface area contributed by atoms with Crippen LogP contribution in [0.1, 0.15) is 40.0 Å². The molecule has 1 saturated heterocycles. The summed E-state index contributed by atoms with van der Waals surface area (Å²) in [6.07, 6.45) is 1.56. The molecule has 0 radical (unpaired) electrons. The smallest absolute Gasteiger partial charge is 0.229 e. The number of nitrogens with two attached hydrogens (primary N) is 1. The number of halogens is 1. The van der Waals surface area contributed by atoms with E-state index in [2.05, 4.69) is 10.3 Å². The number of aliphatic imine (C=N–C) groups is 1. The molecule has 1 aliphatic rings. The molecular weight excluding hydrogens is 359 g/mol. The molecule has 6 nitrogen and oxygen atoms in total. The number of amides is 2. The molecule has 0 aliphatic carbocycles. The second-order valence-electron chi connectivity index (χ2n) is 5.43. The van der Waals surface area contributed by atoms with Crippen molar-refractivity contribution in [2.24, 2.45) is 10.7 Å². The van der Waals surface area contributed by atoms with Crippen molar-refractivity contribution in [3.63, 3.8) is 0 Å². The van der Waals surface area contributed by atoms with Crippen LogP contribution in [0.15, 0.2) is 4.99 Å². The number of carbonyl (C=O) groups is 2. The molecule has 1 rings (SSSR count). The van der Waals surface area contributed by atoms with Crippen LogP contribution in [0, 0.1) is 0 Å². The fourth-order valence-corrected chi connectivity index (χ4v) is 1.74. The van der Waals surface area contributed by atoms with Crippen molar-refractivity contribution in [3.05, 3.63) is 0 Å². The van der Waals surface area contributed by atoms with E-state index in [0.29, 0.717) is 38.3 Å². The molecular formula is C12H23IN4O2. The maximum atomic E-state index is 11.5. The van der Waals surface area contributed by atoms with E-state index < -0.39 is 0 Å². The molecule has 19 heavy (non-hydrogen) atoms. The molecule has 1 aliphatic heterocycles. The van der Waals surface area contributed by atoms with Gasteiger partial charge in [-0.15, -0.1) is 24.0 Å². The number of rotatable bonds is 3. The summed E-state index contributed by atoms with van der Waals surface area (Å²) in [7, 11) is 0. The van der Waals surface area contributed by atoms with E-state index in [9.17, 15) is 9.59 Å². The van der Waals surface area contributed by atoms with Crippen LogP contribution in [0.4, 0.5) is 0 Å². The number of hydrogen-bond donors (Lipinski definition) is 2. The van der Waals surface area contributed by atoms with Crippen LogP contribution >= 0.6 is 24.0 Å². The molecule has 1 heterocycles. The van der Waals surface area contributed by atoms with Gasteiger partial charge < -0.3 is 11.1 Å². The summed E-state index contributed by atoms with van der Waals surface area (Å²) in [5.74, 6) is 0.118. The average molecular weight is 382 g/mol. The van der Waals surface area contributed by atoms with Gasteiger partial charge in [-0.3, -0.25) is 19.5 Å². The Balaban J connectivity index is 0.00000324. The largest absolute Gasteiger partial charge is 0.370 e. The summed E-state index contributed by atoms with van der Waals surface area (Å²) in [5, 5.41) is 3.02. The first-order chi connectivity index (χ1) is 8.29.